The maximum Gasteiger partial charge on any atom is 0.346 e. The minimum Gasteiger partial charge on any atom is -0.490 e. The van der Waals surface area contributed by atoms with Gasteiger partial charge in [-0.05, 0) is 37.6 Å². The van der Waals surface area contributed by atoms with E-state index in [4.69, 9.17) is 9.47 Å². The van der Waals surface area contributed by atoms with Crippen LogP contribution in [0.3, 0.4) is 0 Å². The fraction of sp³-hybridized carbons (Fsp3) is 0.208. The van der Waals surface area contributed by atoms with E-state index in [1.807, 2.05) is 19.1 Å². The first-order chi connectivity index (χ1) is 16.5. The van der Waals surface area contributed by atoms with E-state index in [2.05, 4.69) is 25.2 Å². The van der Waals surface area contributed by atoms with Crippen molar-refractivity contribution < 1.29 is 19.0 Å². The molecule has 3 aromatic rings. The van der Waals surface area contributed by atoms with E-state index in [1.54, 1.807) is 49.4 Å². The maximum absolute atomic E-state index is 12.3. The Morgan fingerprint density at radius 3 is 2.71 bits per heavy atom. The second-order valence-electron chi connectivity index (χ2n) is 6.91. The summed E-state index contributed by atoms with van der Waals surface area (Å²) >= 11 is 0. The third-order valence-electron chi connectivity index (χ3n) is 4.57. The van der Waals surface area contributed by atoms with Gasteiger partial charge in [0.05, 0.1) is 25.6 Å². The summed E-state index contributed by atoms with van der Waals surface area (Å²) in [7, 11) is 1.29. The van der Waals surface area contributed by atoms with Gasteiger partial charge >= 0.3 is 5.97 Å². The normalized spacial score (nSPS) is 11.5. The number of aromatic amines is 1. The Labute approximate surface area is 195 Å². The Morgan fingerprint density at radius 2 is 2.03 bits per heavy atom. The predicted octanol–water partition coefficient (Wildman–Crippen LogP) is 3.09. The van der Waals surface area contributed by atoms with Gasteiger partial charge in [-0.2, -0.15) is 10.4 Å². The smallest absolute Gasteiger partial charge is 0.346 e. The van der Waals surface area contributed by atoms with Crippen molar-refractivity contribution in [2.75, 3.05) is 19.1 Å². The Bertz CT molecular complexity index is 1280. The molecule has 34 heavy (non-hydrogen) atoms. The molecule has 0 aliphatic carbocycles. The van der Waals surface area contributed by atoms with Crippen molar-refractivity contribution >= 4 is 18.1 Å². The molecule has 0 radical (unpaired) electrons. The minimum absolute atomic E-state index is 0.0796. The van der Waals surface area contributed by atoms with Crippen molar-refractivity contribution in [2.45, 2.75) is 20.0 Å². The van der Waals surface area contributed by atoms with Crippen molar-refractivity contribution in [3.63, 3.8) is 0 Å². The molecule has 0 bridgehead atoms. The third-order valence-corrected chi connectivity index (χ3v) is 4.57. The second-order valence-corrected chi connectivity index (χ2v) is 6.91. The Balaban J connectivity index is 1.82. The van der Waals surface area contributed by atoms with Crippen LogP contribution >= 0.6 is 0 Å². The molecule has 10 nitrogen and oxygen atoms in total. The number of hydrazone groups is 1. The number of benzene rings is 2. The van der Waals surface area contributed by atoms with Crippen LogP contribution in [0.15, 0.2) is 58.4 Å². The maximum atomic E-state index is 12.3. The lowest BCUT2D eigenvalue weighted by Crippen LogP contribution is -2.25. The van der Waals surface area contributed by atoms with Crippen LogP contribution in [0.1, 0.15) is 25.0 Å². The fourth-order valence-electron chi connectivity index (χ4n) is 2.98. The van der Waals surface area contributed by atoms with Crippen LogP contribution in [-0.2, 0) is 9.53 Å². The molecule has 1 unspecified atom stereocenters. The molecular weight excluding hydrogens is 438 g/mol. The van der Waals surface area contributed by atoms with Gasteiger partial charge < -0.3 is 14.2 Å². The van der Waals surface area contributed by atoms with Crippen molar-refractivity contribution in [3.05, 3.63) is 70.0 Å². The number of aromatic nitrogens is 2. The first kappa shape index (κ1) is 24.0. The molecule has 0 saturated carbocycles. The number of esters is 1. The van der Waals surface area contributed by atoms with Gasteiger partial charge in [-0.15, -0.1) is 0 Å². The SMILES string of the molecule is CCOc1cc(C=NNc2nc(-c3ccccc3)c(C#N)c(=O)[nH]2)ccc1OC(C)C(=O)OC. The zero-order chi connectivity index (χ0) is 24.5. The molecule has 10 heteroatoms. The molecule has 1 atom stereocenters. The summed E-state index contributed by atoms with van der Waals surface area (Å²) in [6, 6.07) is 15.9. The topological polar surface area (TPSA) is 139 Å². The van der Waals surface area contributed by atoms with Gasteiger partial charge in [-0.25, -0.2) is 15.2 Å². The summed E-state index contributed by atoms with van der Waals surface area (Å²) < 4.78 is 15.9. The van der Waals surface area contributed by atoms with Gasteiger partial charge in [0.25, 0.3) is 5.56 Å². The Morgan fingerprint density at radius 1 is 1.26 bits per heavy atom. The summed E-state index contributed by atoms with van der Waals surface area (Å²) in [5.74, 6) is 0.390. The molecule has 0 aliphatic heterocycles. The average Bonchev–Trinajstić information content (AvgIpc) is 2.85. The number of nitriles is 1. The molecule has 1 aromatic heterocycles. The summed E-state index contributed by atoms with van der Waals surface area (Å²) in [6.07, 6.45) is 0.694. The molecule has 2 aromatic carbocycles. The van der Waals surface area contributed by atoms with E-state index in [0.717, 1.165) is 0 Å². The average molecular weight is 461 g/mol. The summed E-state index contributed by atoms with van der Waals surface area (Å²) in [6.45, 7) is 3.80. The number of H-pyrrole nitrogens is 1. The standard InChI is InChI=1S/C24H23N5O5/c1-4-33-20-12-16(10-11-19(20)34-15(2)23(31)32-3)14-26-29-24-27-21(17-8-6-5-7-9-17)18(13-25)22(30)28-24/h5-12,14-15H,4H2,1-3H3,(H2,27,28,29,30). The lowest BCUT2D eigenvalue weighted by Gasteiger charge is -2.16. The molecule has 174 valence electrons. The van der Waals surface area contributed by atoms with Gasteiger partial charge in [-0.3, -0.25) is 9.78 Å². The van der Waals surface area contributed by atoms with Crippen LogP contribution in [0.5, 0.6) is 11.5 Å². The van der Waals surface area contributed by atoms with E-state index < -0.39 is 17.6 Å². The monoisotopic (exact) mass is 461 g/mol. The largest absolute Gasteiger partial charge is 0.490 e. The highest BCUT2D eigenvalue weighted by atomic mass is 16.6. The number of ether oxygens (including phenoxy) is 3. The molecular formula is C24H23N5O5. The Kier molecular flexibility index (Phi) is 7.97. The molecule has 2 N–H and O–H groups in total. The lowest BCUT2D eigenvalue weighted by atomic mass is 10.1. The number of methoxy groups -OCH3 is 1. The zero-order valence-electron chi connectivity index (χ0n) is 18.9. The zero-order valence-corrected chi connectivity index (χ0v) is 18.9. The number of carbonyl (C=O) groups is 1. The minimum atomic E-state index is -0.802. The lowest BCUT2D eigenvalue weighted by molar-refractivity contribution is -0.147. The van der Waals surface area contributed by atoms with Crippen LogP contribution in [0.4, 0.5) is 5.95 Å². The van der Waals surface area contributed by atoms with Crippen LogP contribution in [0.25, 0.3) is 11.3 Å². The van der Waals surface area contributed by atoms with E-state index >= 15 is 0 Å². The number of hydrogen-bond acceptors (Lipinski definition) is 9. The number of nitrogens with zero attached hydrogens (tertiary/aromatic N) is 3. The fourth-order valence-corrected chi connectivity index (χ4v) is 2.98. The van der Waals surface area contributed by atoms with E-state index in [1.165, 1.54) is 13.3 Å². The highest BCUT2D eigenvalue weighted by molar-refractivity contribution is 5.81. The van der Waals surface area contributed by atoms with Gasteiger partial charge in [0.15, 0.2) is 17.6 Å². The van der Waals surface area contributed by atoms with Gasteiger partial charge in [0.2, 0.25) is 5.95 Å². The summed E-state index contributed by atoms with van der Waals surface area (Å²) in [5.41, 5.74) is 3.57. The first-order valence-electron chi connectivity index (χ1n) is 10.4. The molecule has 3 rings (SSSR count). The highest BCUT2D eigenvalue weighted by Crippen LogP contribution is 2.29. The molecule has 0 amide bonds. The number of nitrogens with one attached hydrogen (secondary N) is 2. The van der Waals surface area contributed by atoms with Crippen LogP contribution < -0.4 is 20.5 Å². The highest BCUT2D eigenvalue weighted by Gasteiger charge is 2.17. The van der Waals surface area contributed by atoms with E-state index in [-0.39, 0.29) is 17.2 Å². The summed E-state index contributed by atoms with van der Waals surface area (Å²) in [4.78, 5) is 30.8. The van der Waals surface area contributed by atoms with E-state index in [9.17, 15) is 14.9 Å². The van der Waals surface area contributed by atoms with Gasteiger partial charge in [-0.1, -0.05) is 30.3 Å². The first-order valence-corrected chi connectivity index (χ1v) is 10.4. The molecule has 0 fully saturated rings. The molecule has 0 spiro atoms. The number of hydrogen-bond donors (Lipinski definition) is 2. The predicted molar refractivity (Wildman–Crippen MR) is 126 cm³/mol. The van der Waals surface area contributed by atoms with Crippen LogP contribution in [-0.4, -0.2) is 42.0 Å². The number of rotatable bonds is 9. The molecule has 1 heterocycles. The van der Waals surface area contributed by atoms with Crippen molar-refractivity contribution in [1.82, 2.24) is 9.97 Å². The molecule has 0 aliphatic rings. The van der Waals surface area contributed by atoms with Gasteiger partial charge in [0.1, 0.15) is 11.6 Å². The van der Waals surface area contributed by atoms with Crippen LogP contribution in [0, 0.1) is 11.3 Å². The Hall–Kier alpha value is -4.65. The van der Waals surface area contributed by atoms with Gasteiger partial charge in [0, 0.05) is 5.56 Å². The van der Waals surface area contributed by atoms with Crippen molar-refractivity contribution in [1.29, 1.82) is 5.26 Å². The second kappa shape index (κ2) is 11.3. The number of anilines is 1. The van der Waals surface area contributed by atoms with E-state index in [0.29, 0.717) is 29.2 Å². The van der Waals surface area contributed by atoms with Crippen molar-refractivity contribution in [3.8, 4) is 28.8 Å². The van der Waals surface area contributed by atoms with Crippen molar-refractivity contribution in [2.24, 2.45) is 5.10 Å². The molecule has 0 saturated heterocycles. The number of carbonyl (C=O) groups excluding carboxylic acids is 1. The third kappa shape index (κ3) is 5.77. The van der Waals surface area contributed by atoms with Crippen LogP contribution in [0.2, 0.25) is 0 Å². The summed E-state index contributed by atoms with van der Waals surface area (Å²) in [5, 5.41) is 13.5. The quantitative estimate of drug-likeness (QED) is 0.282.